The van der Waals surface area contributed by atoms with E-state index in [1.807, 2.05) is 6.92 Å². The molecular formula is C16H12Cl3N5OS. The molecule has 3 aromatic rings. The van der Waals surface area contributed by atoms with Gasteiger partial charge in [-0.3, -0.25) is 4.79 Å². The highest BCUT2D eigenvalue weighted by Crippen LogP contribution is 2.31. The van der Waals surface area contributed by atoms with E-state index in [4.69, 9.17) is 34.8 Å². The van der Waals surface area contributed by atoms with Crippen molar-refractivity contribution in [2.45, 2.75) is 13.8 Å². The first-order valence-electron chi connectivity index (χ1n) is 7.33. The molecule has 1 amide bonds. The molecule has 0 saturated heterocycles. The maximum Gasteiger partial charge on any atom is 0.267 e. The Hall–Kier alpha value is -1.93. The normalized spacial score (nSPS) is 10.7. The summed E-state index contributed by atoms with van der Waals surface area (Å²) in [4.78, 5) is 25.3. The fourth-order valence-corrected chi connectivity index (χ4v) is 3.76. The maximum atomic E-state index is 12.5. The van der Waals surface area contributed by atoms with Crippen LogP contribution >= 0.6 is 46.1 Å². The van der Waals surface area contributed by atoms with Gasteiger partial charge < -0.3 is 10.6 Å². The van der Waals surface area contributed by atoms with Crippen LogP contribution in [0.2, 0.25) is 15.2 Å². The highest BCUT2D eigenvalue weighted by Gasteiger charge is 2.15. The van der Waals surface area contributed by atoms with E-state index in [2.05, 4.69) is 25.6 Å². The number of amides is 1. The van der Waals surface area contributed by atoms with E-state index in [1.165, 1.54) is 17.5 Å². The molecule has 134 valence electrons. The van der Waals surface area contributed by atoms with Gasteiger partial charge >= 0.3 is 0 Å². The van der Waals surface area contributed by atoms with E-state index >= 15 is 0 Å². The van der Waals surface area contributed by atoms with Crippen molar-refractivity contribution in [1.29, 1.82) is 0 Å². The molecule has 2 N–H and O–H groups in total. The van der Waals surface area contributed by atoms with E-state index in [1.54, 1.807) is 25.1 Å². The SMILES string of the molecule is Cc1nc(Cl)cc(Nc2ncc(C(=O)Nc3c(C)cc(Cl)cc3Cl)s2)n1. The summed E-state index contributed by atoms with van der Waals surface area (Å²) in [5.41, 5.74) is 1.28. The lowest BCUT2D eigenvalue weighted by Crippen LogP contribution is -2.11. The van der Waals surface area contributed by atoms with Crippen LogP contribution in [0.1, 0.15) is 21.1 Å². The Kier molecular flexibility index (Phi) is 5.62. The number of halogens is 3. The summed E-state index contributed by atoms with van der Waals surface area (Å²) >= 11 is 19.2. The Morgan fingerprint density at radius 3 is 2.58 bits per heavy atom. The van der Waals surface area contributed by atoms with Crippen molar-refractivity contribution in [3.05, 3.63) is 55.9 Å². The van der Waals surface area contributed by atoms with Crippen LogP contribution in [0.5, 0.6) is 0 Å². The molecule has 1 aromatic carbocycles. The van der Waals surface area contributed by atoms with Crippen molar-refractivity contribution in [2.75, 3.05) is 10.6 Å². The minimum Gasteiger partial charge on any atom is -0.320 e. The third kappa shape index (κ3) is 4.42. The van der Waals surface area contributed by atoms with Gasteiger partial charge in [-0.25, -0.2) is 15.0 Å². The summed E-state index contributed by atoms with van der Waals surface area (Å²) in [6.07, 6.45) is 1.47. The van der Waals surface area contributed by atoms with Crippen LogP contribution < -0.4 is 10.6 Å². The van der Waals surface area contributed by atoms with Gasteiger partial charge in [0.05, 0.1) is 16.9 Å². The highest BCUT2D eigenvalue weighted by atomic mass is 35.5. The van der Waals surface area contributed by atoms with Gasteiger partial charge in [-0.1, -0.05) is 46.1 Å². The number of hydrogen-bond acceptors (Lipinski definition) is 6. The summed E-state index contributed by atoms with van der Waals surface area (Å²) < 4.78 is 0. The van der Waals surface area contributed by atoms with Gasteiger partial charge in [0.1, 0.15) is 21.7 Å². The lowest BCUT2D eigenvalue weighted by molar-refractivity contribution is 0.103. The third-order valence-electron chi connectivity index (χ3n) is 3.26. The Balaban J connectivity index is 1.76. The minimum atomic E-state index is -0.320. The van der Waals surface area contributed by atoms with Crippen molar-refractivity contribution in [2.24, 2.45) is 0 Å². The molecule has 0 saturated carbocycles. The first-order valence-corrected chi connectivity index (χ1v) is 9.28. The average molecular weight is 429 g/mol. The highest BCUT2D eigenvalue weighted by molar-refractivity contribution is 7.17. The monoisotopic (exact) mass is 427 g/mol. The molecule has 0 spiro atoms. The first kappa shape index (κ1) is 18.8. The van der Waals surface area contributed by atoms with Crippen LogP contribution in [0.4, 0.5) is 16.6 Å². The second-order valence-corrected chi connectivity index (χ2v) is 7.57. The molecule has 0 bridgehead atoms. The average Bonchev–Trinajstić information content (AvgIpc) is 2.98. The molecule has 26 heavy (non-hydrogen) atoms. The molecule has 0 atom stereocenters. The van der Waals surface area contributed by atoms with Gasteiger partial charge in [0.25, 0.3) is 5.91 Å². The molecular weight excluding hydrogens is 417 g/mol. The predicted molar refractivity (Wildman–Crippen MR) is 106 cm³/mol. The van der Waals surface area contributed by atoms with Crippen LogP contribution in [-0.4, -0.2) is 20.9 Å². The molecule has 0 aliphatic carbocycles. The number of carbonyl (C=O) groups excluding carboxylic acids is 1. The van der Waals surface area contributed by atoms with Crippen LogP contribution in [0.15, 0.2) is 24.4 Å². The van der Waals surface area contributed by atoms with Gasteiger partial charge in [0.2, 0.25) is 0 Å². The Morgan fingerprint density at radius 1 is 1.12 bits per heavy atom. The summed E-state index contributed by atoms with van der Waals surface area (Å²) in [6.45, 7) is 3.55. The molecule has 0 aliphatic rings. The second-order valence-electron chi connectivity index (χ2n) is 5.31. The molecule has 0 aliphatic heterocycles. The summed E-state index contributed by atoms with van der Waals surface area (Å²) in [7, 11) is 0. The van der Waals surface area contributed by atoms with Crippen LogP contribution in [0, 0.1) is 13.8 Å². The lowest BCUT2D eigenvalue weighted by atomic mass is 10.2. The number of aryl methyl sites for hydroxylation is 2. The molecule has 10 heteroatoms. The quantitative estimate of drug-likeness (QED) is 0.536. The van der Waals surface area contributed by atoms with Crippen molar-refractivity contribution in [3.63, 3.8) is 0 Å². The van der Waals surface area contributed by atoms with Crippen LogP contribution in [0.3, 0.4) is 0 Å². The Morgan fingerprint density at radius 2 is 1.88 bits per heavy atom. The maximum absolute atomic E-state index is 12.5. The van der Waals surface area contributed by atoms with Crippen molar-refractivity contribution < 1.29 is 4.79 Å². The molecule has 0 radical (unpaired) electrons. The number of rotatable bonds is 4. The molecule has 2 aromatic heterocycles. The van der Waals surface area contributed by atoms with Gasteiger partial charge in [0.15, 0.2) is 5.13 Å². The lowest BCUT2D eigenvalue weighted by Gasteiger charge is -2.10. The largest absolute Gasteiger partial charge is 0.320 e. The van der Waals surface area contributed by atoms with E-state index in [9.17, 15) is 4.79 Å². The Bertz CT molecular complexity index is 949. The Labute approximate surface area is 168 Å². The van der Waals surface area contributed by atoms with Crippen LogP contribution in [-0.2, 0) is 0 Å². The van der Waals surface area contributed by atoms with Gasteiger partial charge in [-0.05, 0) is 31.5 Å². The summed E-state index contributed by atoms with van der Waals surface area (Å²) in [5.74, 6) is 0.711. The van der Waals surface area contributed by atoms with Crippen molar-refractivity contribution in [3.8, 4) is 0 Å². The molecule has 0 unspecified atom stereocenters. The van der Waals surface area contributed by atoms with Gasteiger partial charge in [-0.2, -0.15) is 0 Å². The van der Waals surface area contributed by atoms with Crippen molar-refractivity contribution in [1.82, 2.24) is 15.0 Å². The van der Waals surface area contributed by atoms with E-state index < -0.39 is 0 Å². The van der Waals surface area contributed by atoms with E-state index in [-0.39, 0.29) is 5.91 Å². The van der Waals surface area contributed by atoms with Gasteiger partial charge in [-0.15, -0.1) is 0 Å². The number of nitrogens with zero attached hydrogens (tertiary/aromatic N) is 3. The molecule has 0 fully saturated rings. The number of hydrogen-bond donors (Lipinski definition) is 2. The fourth-order valence-electron chi connectivity index (χ4n) is 2.18. The third-order valence-corrected chi connectivity index (χ3v) is 4.88. The number of anilines is 3. The number of benzene rings is 1. The zero-order valence-corrected chi connectivity index (χ0v) is 16.7. The second kappa shape index (κ2) is 7.75. The minimum absolute atomic E-state index is 0.320. The molecule has 3 rings (SSSR count). The van der Waals surface area contributed by atoms with Crippen molar-refractivity contribution >= 4 is 68.7 Å². The first-order chi connectivity index (χ1) is 12.3. The number of thiazole rings is 1. The number of aromatic nitrogens is 3. The molecule has 6 nitrogen and oxygen atoms in total. The number of carbonyl (C=O) groups is 1. The zero-order valence-electron chi connectivity index (χ0n) is 13.6. The summed E-state index contributed by atoms with van der Waals surface area (Å²) in [5, 5.41) is 7.49. The van der Waals surface area contributed by atoms with E-state index in [0.29, 0.717) is 42.5 Å². The van der Waals surface area contributed by atoms with E-state index in [0.717, 1.165) is 5.56 Å². The van der Waals surface area contributed by atoms with Crippen LogP contribution in [0.25, 0.3) is 0 Å². The summed E-state index contributed by atoms with van der Waals surface area (Å²) in [6, 6.07) is 4.88. The fraction of sp³-hybridized carbons (Fsp3) is 0.125. The van der Waals surface area contributed by atoms with Gasteiger partial charge in [0, 0.05) is 11.1 Å². The predicted octanol–water partition coefficient (Wildman–Crippen LogP) is 5.51. The smallest absolute Gasteiger partial charge is 0.267 e. The standard InChI is InChI=1S/C16H12Cl3N5OS/c1-7-3-9(17)4-10(18)14(7)24-15(25)11-6-20-16(26-11)23-13-5-12(19)21-8(2)22-13/h3-6H,1-2H3,(H,24,25)(H,20,21,22,23). The molecule has 2 heterocycles. The zero-order chi connectivity index (χ0) is 18.8. The topological polar surface area (TPSA) is 79.8 Å². The number of nitrogens with one attached hydrogen (secondary N) is 2.